The summed E-state index contributed by atoms with van der Waals surface area (Å²) in [5.74, 6) is -0.574. The predicted octanol–water partition coefficient (Wildman–Crippen LogP) is 2.50. The van der Waals surface area contributed by atoms with E-state index in [-0.39, 0.29) is 23.2 Å². The molecule has 1 atom stereocenters. The number of amides is 2. The van der Waals surface area contributed by atoms with E-state index in [9.17, 15) is 19.7 Å². The third kappa shape index (κ3) is 3.40. The van der Waals surface area contributed by atoms with Crippen molar-refractivity contribution in [2.24, 2.45) is 0 Å². The van der Waals surface area contributed by atoms with Crippen LogP contribution in [0.4, 0.5) is 10.5 Å². The van der Waals surface area contributed by atoms with Crippen LogP contribution in [0.25, 0.3) is 0 Å². The van der Waals surface area contributed by atoms with Crippen molar-refractivity contribution in [3.63, 3.8) is 0 Å². The van der Waals surface area contributed by atoms with Crippen molar-refractivity contribution in [2.45, 2.75) is 13.0 Å². The number of non-ortho nitro benzene ring substituents is 1. The lowest BCUT2D eigenvalue weighted by Gasteiger charge is -2.33. The molecular formula is C15H16BrN3O5. The second kappa shape index (κ2) is 7.43. The van der Waals surface area contributed by atoms with Crippen LogP contribution in [0.2, 0.25) is 0 Å². The maximum atomic E-state index is 12.4. The number of carbonyl (C=O) groups is 2. The van der Waals surface area contributed by atoms with E-state index in [0.29, 0.717) is 11.3 Å². The standard InChI is InChI=1S/C15H16BrN3O5/c1-3-24-14(20)12-11(8-16)18(2)15(21)17-13(12)9-5-4-6-10(7-9)19(22)23/h4-7,13H,3,8H2,1-2H3,(H,17,21)/t13-/m1/s1. The van der Waals surface area contributed by atoms with E-state index in [1.807, 2.05) is 0 Å². The zero-order valence-electron chi connectivity index (χ0n) is 13.1. The lowest BCUT2D eigenvalue weighted by atomic mass is 9.94. The summed E-state index contributed by atoms with van der Waals surface area (Å²) < 4.78 is 5.10. The molecule has 1 aromatic rings. The number of nitro groups is 1. The molecule has 1 N–H and O–H groups in total. The average molecular weight is 398 g/mol. The number of alkyl halides is 1. The van der Waals surface area contributed by atoms with Gasteiger partial charge in [-0.1, -0.05) is 28.1 Å². The molecule has 0 bridgehead atoms. The first kappa shape index (κ1) is 17.9. The third-order valence-electron chi connectivity index (χ3n) is 3.61. The molecule has 0 aromatic heterocycles. The Bertz CT molecular complexity index is 719. The van der Waals surface area contributed by atoms with Gasteiger partial charge in [0.2, 0.25) is 0 Å². The van der Waals surface area contributed by atoms with Crippen LogP contribution >= 0.6 is 15.9 Å². The van der Waals surface area contributed by atoms with Gasteiger partial charge in [0.05, 0.1) is 23.1 Å². The van der Waals surface area contributed by atoms with Crippen molar-refractivity contribution in [1.29, 1.82) is 0 Å². The summed E-state index contributed by atoms with van der Waals surface area (Å²) in [7, 11) is 1.54. The molecule has 1 heterocycles. The highest BCUT2D eigenvalue weighted by atomic mass is 79.9. The van der Waals surface area contributed by atoms with Crippen LogP contribution in [0.3, 0.4) is 0 Å². The van der Waals surface area contributed by atoms with Crippen molar-refractivity contribution in [1.82, 2.24) is 10.2 Å². The Kier molecular flexibility index (Phi) is 5.55. The molecule has 1 aliphatic heterocycles. The maximum Gasteiger partial charge on any atom is 0.338 e. The minimum absolute atomic E-state index is 0.121. The number of nitrogens with zero attached hydrogens (tertiary/aromatic N) is 2. The van der Waals surface area contributed by atoms with E-state index >= 15 is 0 Å². The Morgan fingerprint density at radius 3 is 2.79 bits per heavy atom. The normalized spacial score (nSPS) is 17.5. The predicted molar refractivity (Wildman–Crippen MR) is 89.6 cm³/mol. The molecule has 2 rings (SSSR count). The quantitative estimate of drug-likeness (QED) is 0.356. The average Bonchev–Trinajstić information content (AvgIpc) is 2.56. The number of rotatable bonds is 5. The second-order valence-corrected chi connectivity index (χ2v) is 5.57. The van der Waals surface area contributed by atoms with Gasteiger partial charge < -0.3 is 10.1 Å². The fourth-order valence-corrected chi connectivity index (χ4v) is 3.11. The van der Waals surface area contributed by atoms with Crippen molar-refractivity contribution >= 4 is 33.6 Å². The zero-order chi connectivity index (χ0) is 17.9. The fraction of sp³-hybridized carbons (Fsp3) is 0.333. The Labute approximate surface area is 146 Å². The molecular weight excluding hydrogens is 382 g/mol. The molecule has 1 aliphatic rings. The largest absolute Gasteiger partial charge is 0.463 e. The number of hydrogen-bond donors (Lipinski definition) is 1. The van der Waals surface area contributed by atoms with Gasteiger partial charge in [0, 0.05) is 30.2 Å². The molecule has 2 amide bonds. The van der Waals surface area contributed by atoms with E-state index in [2.05, 4.69) is 21.2 Å². The van der Waals surface area contributed by atoms with Gasteiger partial charge in [0.15, 0.2) is 0 Å². The Morgan fingerprint density at radius 2 is 2.21 bits per heavy atom. The van der Waals surface area contributed by atoms with Gasteiger partial charge in [-0.2, -0.15) is 0 Å². The molecule has 0 spiro atoms. The van der Waals surface area contributed by atoms with Crippen molar-refractivity contribution in [2.75, 3.05) is 19.0 Å². The lowest BCUT2D eigenvalue weighted by Crippen LogP contribution is -2.47. The summed E-state index contributed by atoms with van der Waals surface area (Å²) >= 11 is 3.28. The van der Waals surface area contributed by atoms with E-state index < -0.39 is 23.0 Å². The van der Waals surface area contributed by atoms with Gasteiger partial charge in [-0.3, -0.25) is 15.0 Å². The Morgan fingerprint density at radius 1 is 1.50 bits per heavy atom. The van der Waals surface area contributed by atoms with Crippen LogP contribution < -0.4 is 5.32 Å². The number of benzene rings is 1. The van der Waals surface area contributed by atoms with Crippen molar-refractivity contribution in [3.05, 3.63) is 51.2 Å². The summed E-state index contributed by atoms with van der Waals surface area (Å²) in [6, 6.07) is 4.58. The minimum Gasteiger partial charge on any atom is -0.463 e. The highest BCUT2D eigenvalue weighted by molar-refractivity contribution is 9.09. The van der Waals surface area contributed by atoms with E-state index in [4.69, 9.17) is 4.74 Å². The van der Waals surface area contributed by atoms with Crippen LogP contribution in [0, 0.1) is 10.1 Å². The van der Waals surface area contributed by atoms with Gasteiger partial charge in [-0.25, -0.2) is 9.59 Å². The van der Waals surface area contributed by atoms with Gasteiger partial charge in [0.25, 0.3) is 5.69 Å². The third-order valence-corrected chi connectivity index (χ3v) is 4.14. The molecule has 0 unspecified atom stereocenters. The second-order valence-electron chi connectivity index (χ2n) is 5.01. The Balaban J connectivity index is 2.58. The van der Waals surface area contributed by atoms with Gasteiger partial charge >= 0.3 is 12.0 Å². The maximum absolute atomic E-state index is 12.4. The lowest BCUT2D eigenvalue weighted by molar-refractivity contribution is -0.384. The topological polar surface area (TPSA) is 102 Å². The molecule has 0 saturated heterocycles. The molecule has 8 nitrogen and oxygen atoms in total. The van der Waals surface area contributed by atoms with Crippen LogP contribution in [-0.4, -0.2) is 40.8 Å². The summed E-state index contributed by atoms with van der Waals surface area (Å²) in [5.41, 5.74) is 1.02. The van der Waals surface area contributed by atoms with Crippen molar-refractivity contribution in [3.8, 4) is 0 Å². The summed E-state index contributed by atoms with van der Waals surface area (Å²) in [6.07, 6.45) is 0. The number of nitro benzene ring substituents is 1. The minimum atomic E-state index is -0.819. The molecule has 128 valence electrons. The van der Waals surface area contributed by atoms with Gasteiger partial charge in [-0.15, -0.1) is 0 Å². The first-order chi connectivity index (χ1) is 11.4. The summed E-state index contributed by atoms with van der Waals surface area (Å²) in [4.78, 5) is 36.4. The van der Waals surface area contributed by atoms with E-state index in [1.165, 1.54) is 30.1 Å². The van der Waals surface area contributed by atoms with Crippen LogP contribution in [0.1, 0.15) is 18.5 Å². The molecule has 0 fully saturated rings. The number of ether oxygens (including phenoxy) is 1. The molecule has 1 aromatic carbocycles. The monoisotopic (exact) mass is 397 g/mol. The summed E-state index contributed by atoms with van der Waals surface area (Å²) in [5, 5.41) is 13.9. The number of halogens is 1. The first-order valence-electron chi connectivity index (χ1n) is 7.15. The fourth-order valence-electron chi connectivity index (χ4n) is 2.44. The zero-order valence-corrected chi connectivity index (χ0v) is 14.7. The smallest absolute Gasteiger partial charge is 0.338 e. The number of esters is 1. The number of urea groups is 1. The number of nitrogens with one attached hydrogen (secondary N) is 1. The highest BCUT2D eigenvalue weighted by Crippen LogP contribution is 2.32. The molecule has 0 aliphatic carbocycles. The molecule has 0 radical (unpaired) electrons. The Hall–Kier alpha value is -2.42. The van der Waals surface area contributed by atoms with Gasteiger partial charge in [-0.05, 0) is 12.5 Å². The molecule has 0 saturated carbocycles. The molecule has 24 heavy (non-hydrogen) atoms. The summed E-state index contributed by atoms with van der Waals surface area (Å²) in [6.45, 7) is 1.86. The number of allylic oxidation sites excluding steroid dienone is 1. The highest BCUT2D eigenvalue weighted by Gasteiger charge is 2.36. The first-order valence-corrected chi connectivity index (χ1v) is 8.27. The van der Waals surface area contributed by atoms with Crippen LogP contribution in [0.5, 0.6) is 0 Å². The van der Waals surface area contributed by atoms with Gasteiger partial charge in [0.1, 0.15) is 0 Å². The van der Waals surface area contributed by atoms with Crippen molar-refractivity contribution < 1.29 is 19.2 Å². The van der Waals surface area contributed by atoms with E-state index in [0.717, 1.165) is 0 Å². The molecule has 9 heteroatoms. The van der Waals surface area contributed by atoms with E-state index in [1.54, 1.807) is 13.0 Å². The SMILES string of the molecule is CCOC(=O)C1=C(CBr)N(C)C(=O)N[C@@H]1c1cccc([N+](=O)[O-])c1. The van der Waals surface area contributed by atoms with Crippen LogP contribution in [0.15, 0.2) is 35.5 Å². The van der Waals surface area contributed by atoms with Crippen LogP contribution in [-0.2, 0) is 9.53 Å². The number of hydrogen-bond acceptors (Lipinski definition) is 5. The number of carbonyl (C=O) groups excluding carboxylic acids is 2.